The standard InChI is InChI=1S/C25H40Cl2N3O/c1-19(2)30(15-12-20-8-10-21(11-9-20)18-24(31)28(3)4)16-13-29(14-17-30)23-7-5-6-22(26)25(23)27/h5-7,19-21H,8-18H2,1-4H3/q+1. The largest absolute Gasteiger partial charge is 0.359 e. The molecule has 0 radical (unpaired) electrons. The molecular weight excluding hydrogens is 429 g/mol. The molecule has 4 nitrogen and oxygen atoms in total. The first-order chi connectivity index (χ1) is 14.7. The van der Waals surface area contributed by atoms with E-state index in [0.717, 1.165) is 44.2 Å². The normalized spacial score (nSPS) is 23.8. The van der Waals surface area contributed by atoms with Gasteiger partial charge in [0.05, 0.1) is 54.5 Å². The minimum Gasteiger partial charge on any atom is -0.359 e. The Kier molecular flexibility index (Phi) is 8.57. The van der Waals surface area contributed by atoms with Crippen LogP contribution in [0, 0.1) is 11.8 Å². The van der Waals surface area contributed by atoms with Gasteiger partial charge in [0.1, 0.15) is 0 Å². The number of carbonyl (C=O) groups is 1. The topological polar surface area (TPSA) is 23.6 Å². The van der Waals surface area contributed by atoms with Crippen molar-refractivity contribution in [1.82, 2.24) is 4.90 Å². The molecule has 1 saturated carbocycles. The van der Waals surface area contributed by atoms with E-state index in [0.29, 0.717) is 22.0 Å². The first kappa shape index (κ1) is 24.7. The fourth-order valence-corrected chi connectivity index (χ4v) is 5.85. The number of piperazine rings is 1. The van der Waals surface area contributed by atoms with E-state index in [1.165, 1.54) is 43.1 Å². The van der Waals surface area contributed by atoms with Crippen LogP contribution in [0.25, 0.3) is 0 Å². The van der Waals surface area contributed by atoms with Crippen molar-refractivity contribution in [3.05, 3.63) is 28.2 Å². The van der Waals surface area contributed by atoms with Crippen LogP contribution in [0.3, 0.4) is 0 Å². The maximum atomic E-state index is 12.0. The fourth-order valence-electron chi connectivity index (χ4n) is 5.43. The van der Waals surface area contributed by atoms with Crippen LogP contribution in [0.2, 0.25) is 10.0 Å². The van der Waals surface area contributed by atoms with E-state index < -0.39 is 0 Å². The molecule has 3 rings (SSSR count). The van der Waals surface area contributed by atoms with Crippen LogP contribution in [0.4, 0.5) is 5.69 Å². The number of benzene rings is 1. The van der Waals surface area contributed by atoms with Gasteiger partial charge in [-0.25, -0.2) is 0 Å². The Morgan fingerprint density at radius 1 is 1.10 bits per heavy atom. The Labute approximate surface area is 199 Å². The van der Waals surface area contributed by atoms with Crippen LogP contribution >= 0.6 is 23.2 Å². The van der Waals surface area contributed by atoms with Gasteiger partial charge in [0.15, 0.2) is 0 Å². The lowest BCUT2D eigenvalue weighted by molar-refractivity contribution is -0.948. The summed E-state index contributed by atoms with van der Waals surface area (Å²) in [6.07, 6.45) is 7.04. The zero-order valence-electron chi connectivity index (χ0n) is 19.7. The van der Waals surface area contributed by atoms with E-state index in [2.05, 4.69) is 24.8 Å². The molecular formula is C25H40Cl2N3O+. The van der Waals surface area contributed by atoms with E-state index >= 15 is 0 Å². The predicted molar refractivity (Wildman–Crippen MR) is 132 cm³/mol. The van der Waals surface area contributed by atoms with Gasteiger partial charge in [0.25, 0.3) is 0 Å². The molecule has 31 heavy (non-hydrogen) atoms. The van der Waals surface area contributed by atoms with Gasteiger partial charge in [-0.3, -0.25) is 4.79 Å². The third-order valence-corrected chi connectivity index (χ3v) is 8.72. The van der Waals surface area contributed by atoms with Gasteiger partial charge in [-0.2, -0.15) is 0 Å². The Morgan fingerprint density at radius 2 is 1.71 bits per heavy atom. The van der Waals surface area contributed by atoms with Crippen molar-refractivity contribution >= 4 is 34.8 Å². The maximum absolute atomic E-state index is 12.0. The number of halogens is 2. The summed E-state index contributed by atoms with van der Waals surface area (Å²) in [5.74, 6) is 1.69. The smallest absolute Gasteiger partial charge is 0.222 e. The first-order valence-electron chi connectivity index (χ1n) is 12.0. The molecule has 1 heterocycles. The lowest BCUT2D eigenvalue weighted by Crippen LogP contribution is -2.63. The summed E-state index contributed by atoms with van der Waals surface area (Å²) < 4.78 is 1.20. The molecule has 0 unspecified atom stereocenters. The second-order valence-corrected chi connectivity index (χ2v) is 11.0. The van der Waals surface area contributed by atoms with Crippen molar-refractivity contribution in [3.63, 3.8) is 0 Å². The molecule has 0 bridgehead atoms. The molecule has 2 fully saturated rings. The highest BCUT2D eigenvalue weighted by molar-refractivity contribution is 6.43. The van der Waals surface area contributed by atoms with E-state index in [1.54, 1.807) is 4.90 Å². The molecule has 0 N–H and O–H groups in total. The quantitative estimate of drug-likeness (QED) is 0.478. The zero-order valence-corrected chi connectivity index (χ0v) is 21.3. The van der Waals surface area contributed by atoms with Gasteiger partial charge >= 0.3 is 0 Å². The summed E-state index contributed by atoms with van der Waals surface area (Å²) in [5.41, 5.74) is 1.07. The van der Waals surface area contributed by atoms with Crippen molar-refractivity contribution in [1.29, 1.82) is 0 Å². The number of nitrogens with zero attached hydrogens (tertiary/aromatic N) is 3. The van der Waals surface area contributed by atoms with E-state index in [1.807, 2.05) is 26.2 Å². The van der Waals surface area contributed by atoms with Gasteiger partial charge in [0, 0.05) is 20.5 Å². The molecule has 1 saturated heterocycles. The minimum absolute atomic E-state index is 0.283. The number of rotatable bonds is 7. The van der Waals surface area contributed by atoms with Gasteiger partial charge in [-0.05, 0) is 69.9 Å². The highest BCUT2D eigenvalue weighted by Crippen LogP contribution is 2.36. The van der Waals surface area contributed by atoms with Crippen molar-refractivity contribution in [2.24, 2.45) is 11.8 Å². The second-order valence-electron chi connectivity index (χ2n) is 10.2. The van der Waals surface area contributed by atoms with E-state index in [-0.39, 0.29) is 5.91 Å². The number of hydrogen-bond acceptors (Lipinski definition) is 2. The average molecular weight is 470 g/mol. The second kappa shape index (κ2) is 10.8. The Morgan fingerprint density at radius 3 is 2.29 bits per heavy atom. The molecule has 0 aromatic heterocycles. The van der Waals surface area contributed by atoms with Crippen molar-refractivity contribution < 1.29 is 9.28 Å². The van der Waals surface area contributed by atoms with E-state index in [9.17, 15) is 4.79 Å². The molecule has 1 amide bonds. The highest BCUT2D eigenvalue weighted by atomic mass is 35.5. The predicted octanol–water partition coefficient (Wildman–Crippen LogP) is 5.71. The molecule has 1 aliphatic heterocycles. The lowest BCUT2D eigenvalue weighted by Gasteiger charge is -2.49. The number of hydrogen-bond donors (Lipinski definition) is 0. The first-order valence-corrected chi connectivity index (χ1v) is 12.7. The number of quaternary nitrogens is 1. The van der Waals surface area contributed by atoms with Gasteiger partial charge in [0.2, 0.25) is 5.91 Å². The van der Waals surface area contributed by atoms with Gasteiger partial charge in [-0.15, -0.1) is 0 Å². The number of carbonyl (C=O) groups excluding carboxylic acids is 1. The van der Waals surface area contributed by atoms with Crippen molar-refractivity contribution in [2.75, 3.05) is 51.7 Å². The molecule has 0 spiro atoms. The Bertz CT molecular complexity index is 736. The third-order valence-electron chi connectivity index (χ3n) is 7.91. The van der Waals surface area contributed by atoms with Crippen LogP contribution in [-0.2, 0) is 4.79 Å². The summed E-state index contributed by atoms with van der Waals surface area (Å²) in [7, 11) is 3.73. The van der Waals surface area contributed by atoms with Gasteiger partial charge < -0.3 is 14.3 Å². The molecule has 6 heteroatoms. The molecule has 1 aromatic rings. The van der Waals surface area contributed by atoms with E-state index in [4.69, 9.17) is 23.2 Å². The van der Waals surface area contributed by atoms with Crippen LogP contribution in [0.15, 0.2) is 18.2 Å². The summed E-state index contributed by atoms with van der Waals surface area (Å²) in [6.45, 7) is 10.4. The summed E-state index contributed by atoms with van der Waals surface area (Å²) in [4.78, 5) is 16.2. The van der Waals surface area contributed by atoms with Gasteiger partial charge in [-0.1, -0.05) is 29.3 Å². The minimum atomic E-state index is 0.283. The molecule has 1 aromatic carbocycles. The van der Waals surface area contributed by atoms with Crippen molar-refractivity contribution in [3.8, 4) is 0 Å². The third kappa shape index (κ3) is 6.09. The monoisotopic (exact) mass is 468 g/mol. The molecule has 2 aliphatic rings. The molecule has 1 aliphatic carbocycles. The average Bonchev–Trinajstić information content (AvgIpc) is 2.75. The zero-order chi connectivity index (χ0) is 22.6. The summed E-state index contributed by atoms with van der Waals surface area (Å²) in [6, 6.07) is 6.57. The summed E-state index contributed by atoms with van der Waals surface area (Å²) >= 11 is 12.7. The maximum Gasteiger partial charge on any atom is 0.222 e. The Balaban J connectivity index is 1.51. The van der Waals surface area contributed by atoms with Crippen LogP contribution < -0.4 is 4.90 Å². The fraction of sp³-hybridized carbons (Fsp3) is 0.720. The van der Waals surface area contributed by atoms with Crippen LogP contribution in [0.1, 0.15) is 52.4 Å². The van der Waals surface area contributed by atoms with Crippen LogP contribution in [0.5, 0.6) is 0 Å². The number of amides is 1. The summed E-state index contributed by atoms with van der Waals surface area (Å²) in [5, 5.41) is 1.32. The number of anilines is 1. The molecule has 0 atom stereocenters. The Hall–Kier alpha value is -0.970. The van der Waals surface area contributed by atoms with Crippen LogP contribution in [-0.4, -0.2) is 68.2 Å². The van der Waals surface area contributed by atoms with Crippen molar-refractivity contribution in [2.45, 2.75) is 58.4 Å². The highest BCUT2D eigenvalue weighted by Gasteiger charge is 2.37. The SMILES string of the molecule is CC(C)[N+]1(CCC2CCC(CC(=O)N(C)C)CC2)CCN(c2cccc(Cl)c2Cl)CC1. The lowest BCUT2D eigenvalue weighted by atomic mass is 9.79. The molecule has 174 valence electrons.